The van der Waals surface area contributed by atoms with E-state index in [1.165, 1.54) is 9.13 Å². The summed E-state index contributed by atoms with van der Waals surface area (Å²) in [7, 11) is 1.67. The van der Waals surface area contributed by atoms with Crippen LogP contribution in [0.2, 0.25) is 0 Å². The molecule has 0 amide bonds. The van der Waals surface area contributed by atoms with E-state index < -0.39 is 5.69 Å². The van der Waals surface area contributed by atoms with Gasteiger partial charge >= 0.3 is 5.69 Å². The molecule has 0 radical (unpaired) electrons. The minimum Gasteiger partial charge on any atom is -0.365 e. The van der Waals surface area contributed by atoms with E-state index in [9.17, 15) is 9.59 Å². The molecule has 37 heavy (non-hydrogen) atoms. The molecule has 1 fully saturated rings. The number of aliphatic imine (C=N–C) groups is 1. The Morgan fingerprint density at radius 3 is 2.76 bits per heavy atom. The molecule has 10 heteroatoms. The first kappa shape index (κ1) is 23.5. The molecule has 2 aliphatic heterocycles. The summed E-state index contributed by atoms with van der Waals surface area (Å²) in [5, 5.41) is 3.49. The summed E-state index contributed by atoms with van der Waals surface area (Å²) < 4.78 is 4.64. The van der Waals surface area contributed by atoms with Crippen LogP contribution in [-0.2, 0) is 20.1 Å². The van der Waals surface area contributed by atoms with Gasteiger partial charge in [0, 0.05) is 38.6 Å². The van der Waals surface area contributed by atoms with Gasteiger partial charge in [0.25, 0.3) is 5.56 Å². The number of piperidine rings is 1. The van der Waals surface area contributed by atoms with Gasteiger partial charge in [-0.3, -0.25) is 13.9 Å². The molecule has 10 nitrogen and oxygen atoms in total. The lowest BCUT2D eigenvalue weighted by atomic mass is 9.87. The molecule has 1 aromatic carbocycles. The zero-order valence-electron chi connectivity index (χ0n) is 21.2. The molecular formula is C27H32N8O2. The van der Waals surface area contributed by atoms with Crippen LogP contribution in [0, 0.1) is 0 Å². The molecule has 0 spiro atoms. The van der Waals surface area contributed by atoms with Crippen molar-refractivity contribution in [2.24, 2.45) is 17.8 Å². The Labute approximate surface area is 214 Å². The number of nitrogens with zero attached hydrogens (tertiary/aromatic N) is 6. The highest BCUT2D eigenvalue weighted by Crippen LogP contribution is 2.34. The molecule has 4 heterocycles. The van der Waals surface area contributed by atoms with Crippen LogP contribution >= 0.6 is 0 Å². The molecule has 3 atom stereocenters. The quantitative estimate of drug-likeness (QED) is 0.564. The third kappa shape index (κ3) is 3.92. The fraction of sp³-hybridized carbons (Fsp3) is 0.407. The number of para-hydroxylation sites is 1. The number of benzene rings is 1. The predicted molar refractivity (Wildman–Crippen MR) is 146 cm³/mol. The van der Waals surface area contributed by atoms with Crippen molar-refractivity contribution in [3.63, 3.8) is 0 Å². The number of aryl methyl sites for hydroxylation is 2. The zero-order chi connectivity index (χ0) is 25.7. The minimum absolute atomic E-state index is 0.0215. The Balaban J connectivity index is 1.46. The number of imidazole rings is 1. The first-order valence-electron chi connectivity index (χ1n) is 12.9. The highest BCUT2D eigenvalue weighted by atomic mass is 16.2. The standard InChI is InChI=1S/C27H32N8O2/c1-3-34-23-24(31-26(34)33-14-8-9-17(28)15-33)32(2)27(37)35(25(23)36)16-22-29-20-12-6-4-10-18(20)19-11-5-7-13-21(19)30-22/h4-7,10-13,17-18,20H,3,8-9,14-16,28H2,1-2H3,(H,29,30). The van der Waals surface area contributed by atoms with Crippen LogP contribution in [0.1, 0.15) is 31.2 Å². The second-order valence-corrected chi connectivity index (χ2v) is 9.99. The van der Waals surface area contributed by atoms with Gasteiger partial charge in [-0.1, -0.05) is 42.5 Å². The molecule has 1 aliphatic carbocycles. The molecule has 2 aromatic heterocycles. The molecule has 0 bridgehead atoms. The first-order chi connectivity index (χ1) is 18.0. The lowest BCUT2D eigenvalue weighted by Crippen LogP contribution is -2.46. The van der Waals surface area contributed by atoms with E-state index in [1.54, 1.807) is 7.05 Å². The number of nitrogens with two attached hydrogens (primary N) is 1. The van der Waals surface area contributed by atoms with Crippen molar-refractivity contribution < 1.29 is 0 Å². The Morgan fingerprint density at radius 1 is 1.14 bits per heavy atom. The smallest absolute Gasteiger partial charge is 0.332 e. The van der Waals surface area contributed by atoms with Crippen molar-refractivity contribution in [3.8, 4) is 0 Å². The summed E-state index contributed by atoms with van der Waals surface area (Å²) in [4.78, 5) is 39.1. The van der Waals surface area contributed by atoms with Gasteiger partial charge in [-0.15, -0.1) is 0 Å². The van der Waals surface area contributed by atoms with Gasteiger partial charge in [0.2, 0.25) is 5.95 Å². The fourth-order valence-electron chi connectivity index (χ4n) is 5.75. The van der Waals surface area contributed by atoms with E-state index in [0.717, 1.165) is 30.6 Å². The van der Waals surface area contributed by atoms with Crippen molar-refractivity contribution in [3.05, 3.63) is 75.0 Å². The summed E-state index contributed by atoms with van der Waals surface area (Å²) in [5.74, 6) is 1.38. The molecule has 3 aromatic rings. The summed E-state index contributed by atoms with van der Waals surface area (Å²) in [5.41, 5.74) is 8.21. The number of anilines is 1. The zero-order valence-corrected chi connectivity index (χ0v) is 21.2. The summed E-state index contributed by atoms with van der Waals surface area (Å²) in [6, 6.07) is 8.05. The molecule has 0 saturated carbocycles. The van der Waals surface area contributed by atoms with Crippen LogP contribution in [0.15, 0.2) is 63.2 Å². The fourth-order valence-corrected chi connectivity index (χ4v) is 5.75. The normalized spacial score (nSPS) is 22.8. The topological polar surface area (TPSA) is 115 Å². The second-order valence-electron chi connectivity index (χ2n) is 9.99. The first-order valence-corrected chi connectivity index (χ1v) is 12.9. The highest BCUT2D eigenvalue weighted by Gasteiger charge is 2.29. The van der Waals surface area contributed by atoms with Gasteiger partial charge in [-0.05, 0) is 31.4 Å². The number of allylic oxidation sites excluding steroid dienone is 2. The van der Waals surface area contributed by atoms with Crippen LogP contribution in [-0.4, -0.2) is 49.7 Å². The van der Waals surface area contributed by atoms with E-state index in [4.69, 9.17) is 15.7 Å². The molecule has 192 valence electrons. The predicted octanol–water partition coefficient (Wildman–Crippen LogP) is 1.76. The van der Waals surface area contributed by atoms with Gasteiger partial charge in [-0.2, -0.15) is 4.98 Å². The Hall–Kier alpha value is -3.92. The van der Waals surface area contributed by atoms with E-state index >= 15 is 0 Å². The van der Waals surface area contributed by atoms with Crippen molar-refractivity contribution >= 4 is 28.6 Å². The van der Waals surface area contributed by atoms with Gasteiger partial charge in [0.05, 0.1) is 18.3 Å². The van der Waals surface area contributed by atoms with Crippen LogP contribution in [0.4, 0.5) is 11.6 Å². The molecule has 3 aliphatic rings. The molecule has 1 saturated heterocycles. The van der Waals surface area contributed by atoms with Crippen molar-refractivity contribution in [1.82, 2.24) is 24.0 Å². The maximum absolute atomic E-state index is 13.9. The van der Waals surface area contributed by atoms with E-state index in [0.29, 0.717) is 36.0 Å². The molecule has 3 unspecified atom stereocenters. The largest absolute Gasteiger partial charge is 0.365 e. The van der Waals surface area contributed by atoms with Crippen LogP contribution < -0.4 is 27.2 Å². The van der Waals surface area contributed by atoms with E-state index in [-0.39, 0.29) is 30.1 Å². The van der Waals surface area contributed by atoms with Crippen LogP contribution in [0.3, 0.4) is 0 Å². The SMILES string of the molecule is CCn1c(N2CCCC(N)C2)nc2c1c(=O)n(CC1=Nc3ccccc3C3C=CC=CC3N1)c(=O)n2C. The number of fused-ring (bicyclic) bond motifs is 4. The van der Waals surface area contributed by atoms with Gasteiger partial charge in [0.15, 0.2) is 11.2 Å². The lowest BCUT2D eigenvalue weighted by molar-refractivity contribution is 0.494. The number of rotatable bonds is 4. The number of amidine groups is 1. The number of nitrogens with one attached hydrogen (secondary N) is 1. The third-order valence-corrected chi connectivity index (χ3v) is 7.60. The summed E-state index contributed by atoms with van der Waals surface area (Å²) >= 11 is 0. The average Bonchev–Trinajstić information content (AvgIpc) is 3.22. The highest BCUT2D eigenvalue weighted by molar-refractivity contribution is 5.87. The van der Waals surface area contributed by atoms with Crippen molar-refractivity contribution in [1.29, 1.82) is 0 Å². The van der Waals surface area contributed by atoms with Gasteiger partial charge in [0.1, 0.15) is 5.84 Å². The van der Waals surface area contributed by atoms with Gasteiger partial charge < -0.3 is 20.5 Å². The number of hydrogen-bond acceptors (Lipinski definition) is 7. The van der Waals surface area contributed by atoms with Crippen LogP contribution in [0.25, 0.3) is 11.2 Å². The molecule has 6 rings (SSSR count). The van der Waals surface area contributed by atoms with Crippen molar-refractivity contribution in [2.45, 2.75) is 50.9 Å². The Kier molecular flexibility index (Phi) is 5.83. The Morgan fingerprint density at radius 2 is 1.95 bits per heavy atom. The van der Waals surface area contributed by atoms with Gasteiger partial charge in [-0.25, -0.2) is 9.79 Å². The summed E-state index contributed by atoms with van der Waals surface area (Å²) in [6.07, 6.45) is 10.2. The number of hydrogen-bond donors (Lipinski definition) is 2. The second kappa shape index (κ2) is 9.19. The monoisotopic (exact) mass is 500 g/mol. The van der Waals surface area contributed by atoms with Crippen molar-refractivity contribution in [2.75, 3.05) is 18.0 Å². The number of aromatic nitrogens is 4. The lowest BCUT2D eigenvalue weighted by Gasteiger charge is -2.31. The maximum atomic E-state index is 13.9. The third-order valence-electron chi connectivity index (χ3n) is 7.60. The van der Waals surface area contributed by atoms with Crippen LogP contribution in [0.5, 0.6) is 0 Å². The van der Waals surface area contributed by atoms with E-state index in [1.807, 2.05) is 41.8 Å². The maximum Gasteiger partial charge on any atom is 0.332 e. The minimum atomic E-state index is -0.419. The van der Waals surface area contributed by atoms with E-state index in [2.05, 4.69) is 28.4 Å². The summed E-state index contributed by atoms with van der Waals surface area (Å²) in [6.45, 7) is 4.08. The average molecular weight is 501 g/mol. The molecular weight excluding hydrogens is 468 g/mol. The molecule has 3 N–H and O–H groups in total. The Bertz CT molecular complexity index is 1570.